The smallest absolute Gasteiger partial charge is 0.237 e. The molecule has 0 aromatic carbocycles. The topological polar surface area (TPSA) is 17.6 Å². The molecule has 0 N–H and O–H groups in total. The van der Waals surface area contributed by atoms with Crippen molar-refractivity contribution in [3.63, 3.8) is 0 Å². The summed E-state index contributed by atoms with van der Waals surface area (Å²) in [4.78, 5) is 0. The zero-order valence-corrected chi connectivity index (χ0v) is 31.9. The fourth-order valence-corrected chi connectivity index (χ4v) is 6.39. The lowest BCUT2D eigenvalue weighted by atomic mass is 10.1. The highest BCUT2D eigenvalue weighted by molar-refractivity contribution is 4.67. The third-order valence-corrected chi connectivity index (χ3v) is 9.57. The Balaban J connectivity index is 0.000000467. The van der Waals surface area contributed by atoms with Crippen LogP contribution in [0, 0.1) is 0 Å². The van der Waals surface area contributed by atoms with Crippen molar-refractivity contribution < 1.29 is 9.13 Å². The van der Waals surface area contributed by atoms with Gasteiger partial charge in [-0.05, 0) is 44.9 Å². The summed E-state index contributed by atoms with van der Waals surface area (Å²) >= 11 is 0. The van der Waals surface area contributed by atoms with Gasteiger partial charge in [0.15, 0.2) is 0 Å². The van der Waals surface area contributed by atoms with Gasteiger partial charge in [0.1, 0.15) is 24.8 Å². The van der Waals surface area contributed by atoms with Crippen LogP contribution in [0.2, 0.25) is 0 Å². The number of aromatic nitrogens is 4. The molecule has 0 unspecified atom stereocenters. The SMILES string of the molecule is CCCCCCCCCCCC[n+]1ccn(CCCC)c1.CCCCCCCCCCCC[n+]1ccn(CCCCCCCC)c1. The van der Waals surface area contributed by atoms with Gasteiger partial charge in [-0.2, -0.15) is 0 Å². The van der Waals surface area contributed by atoms with Gasteiger partial charge in [-0.25, -0.2) is 18.3 Å². The lowest BCUT2D eigenvalue weighted by Gasteiger charge is -2.01. The Morgan fingerprint density at radius 3 is 0.957 bits per heavy atom. The molecule has 4 nitrogen and oxygen atoms in total. The third kappa shape index (κ3) is 26.5. The molecule has 0 spiro atoms. The number of hydrogen-bond acceptors (Lipinski definition) is 0. The molecule has 2 rings (SSSR count). The summed E-state index contributed by atoms with van der Waals surface area (Å²) in [6.07, 6.45) is 52.7. The van der Waals surface area contributed by atoms with Gasteiger partial charge in [0.05, 0.1) is 26.2 Å². The molecule has 2 heterocycles. The maximum absolute atomic E-state index is 2.38. The van der Waals surface area contributed by atoms with E-state index < -0.39 is 0 Å². The van der Waals surface area contributed by atoms with Crippen molar-refractivity contribution in [2.75, 3.05) is 0 Å². The normalized spacial score (nSPS) is 11.2. The number of nitrogens with zero attached hydrogens (tertiary/aromatic N) is 4. The Hall–Kier alpha value is -1.58. The summed E-state index contributed by atoms with van der Waals surface area (Å²) in [5, 5.41) is 0. The zero-order valence-electron chi connectivity index (χ0n) is 31.9. The van der Waals surface area contributed by atoms with Crippen molar-refractivity contribution >= 4 is 0 Å². The van der Waals surface area contributed by atoms with Gasteiger partial charge in [0.25, 0.3) is 0 Å². The monoisotopic (exact) mass is 643 g/mol. The van der Waals surface area contributed by atoms with Gasteiger partial charge < -0.3 is 0 Å². The highest BCUT2D eigenvalue weighted by atomic mass is 15.1. The highest BCUT2D eigenvalue weighted by Crippen LogP contribution is 2.12. The Morgan fingerprint density at radius 1 is 0.326 bits per heavy atom. The first-order valence-corrected chi connectivity index (χ1v) is 20.8. The van der Waals surface area contributed by atoms with E-state index in [0.717, 1.165) is 0 Å². The second kappa shape index (κ2) is 33.3. The number of rotatable bonds is 32. The van der Waals surface area contributed by atoms with E-state index in [1.807, 2.05) is 0 Å². The van der Waals surface area contributed by atoms with Crippen molar-refractivity contribution in [1.82, 2.24) is 9.13 Å². The standard InChI is InChI=1S/C23H45N2.C19H37N2/c1-3-5-7-9-11-12-13-14-16-18-20-25-22-21-24(23-25)19-17-15-10-8-6-4-2;1-3-5-7-8-9-10-11-12-13-14-16-21-18-17-20(19-21)15-6-4-2/h21-23H,3-20H2,1-2H3;17-19H,3-16H2,1-2H3/q2*+1. The van der Waals surface area contributed by atoms with Crippen LogP contribution in [0.5, 0.6) is 0 Å². The van der Waals surface area contributed by atoms with E-state index in [9.17, 15) is 0 Å². The van der Waals surface area contributed by atoms with Crippen LogP contribution in [0.15, 0.2) is 37.4 Å². The van der Waals surface area contributed by atoms with Crippen LogP contribution in [0.25, 0.3) is 0 Å². The Labute approximate surface area is 288 Å². The summed E-state index contributed by atoms with van der Waals surface area (Å²) < 4.78 is 9.41. The van der Waals surface area contributed by atoms with Crippen molar-refractivity contribution in [3.05, 3.63) is 37.4 Å². The second-order valence-corrected chi connectivity index (χ2v) is 14.3. The summed E-state index contributed by atoms with van der Waals surface area (Å²) in [7, 11) is 0. The van der Waals surface area contributed by atoms with E-state index in [1.165, 1.54) is 206 Å². The first kappa shape index (κ1) is 42.4. The molecule has 0 saturated carbocycles. The molecule has 0 aliphatic rings. The first-order valence-electron chi connectivity index (χ1n) is 20.8. The molecular formula is C42H82N4+2. The molecular weight excluding hydrogens is 560 g/mol. The number of unbranched alkanes of at least 4 members (excludes halogenated alkanes) is 24. The van der Waals surface area contributed by atoms with Gasteiger partial charge in [0, 0.05) is 0 Å². The van der Waals surface area contributed by atoms with E-state index in [2.05, 4.69) is 83.4 Å². The first-order chi connectivity index (χ1) is 22.7. The summed E-state index contributed by atoms with van der Waals surface area (Å²) in [5.74, 6) is 0. The lowest BCUT2D eigenvalue weighted by Crippen LogP contribution is -2.30. The molecule has 0 amide bonds. The van der Waals surface area contributed by atoms with Gasteiger partial charge >= 0.3 is 0 Å². The average Bonchev–Trinajstić information content (AvgIpc) is 3.73. The molecule has 268 valence electrons. The molecule has 0 radical (unpaired) electrons. The largest absolute Gasteiger partial charge is 0.243 e. The van der Waals surface area contributed by atoms with Gasteiger partial charge in [-0.3, -0.25) is 0 Å². The maximum atomic E-state index is 2.38. The molecule has 0 atom stereocenters. The molecule has 0 saturated heterocycles. The third-order valence-electron chi connectivity index (χ3n) is 9.57. The predicted octanol–water partition coefficient (Wildman–Crippen LogP) is 12.6. The van der Waals surface area contributed by atoms with Crippen LogP contribution < -0.4 is 9.13 Å². The minimum absolute atomic E-state index is 1.17. The molecule has 0 aliphatic carbocycles. The molecule has 4 heteroatoms. The van der Waals surface area contributed by atoms with Crippen LogP contribution in [0.3, 0.4) is 0 Å². The minimum Gasteiger partial charge on any atom is -0.237 e. The van der Waals surface area contributed by atoms with Gasteiger partial charge in [0.2, 0.25) is 12.7 Å². The van der Waals surface area contributed by atoms with Crippen LogP contribution in [0.1, 0.15) is 207 Å². The minimum atomic E-state index is 1.17. The quantitative estimate of drug-likeness (QED) is 0.0558. The van der Waals surface area contributed by atoms with Crippen LogP contribution in [-0.4, -0.2) is 9.13 Å². The fourth-order valence-electron chi connectivity index (χ4n) is 6.39. The van der Waals surface area contributed by atoms with Crippen molar-refractivity contribution in [1.29, 1.82) is 0 Å². The van der Waals surface area contributed by atoms with E-state index in [0.29, 0.717) is 0 Å². The molecule has 46 heavy (non-hydrogen) atoms. The van der Waals surface area contributed by atoms with Crippen LogP contribution >= 0.6 is 0 Å². The summed E-state index contributed by atoms with van der Waals surface area (Å²) in [6, 6.07) is 0. The number of aryl methyl sites for hydroxylation is 4. The lowest BCUT2D eigenvalue weighted by molar-refractivity contribution is -0.697. The summed E-state index contributed by atoms with van der Waals surface area (Å²) in [5.41, 5.74) is 0. The maximum Gasteiger partial charge on any atom is 0.243 e. The number of hydrogen-bond donors (Lipinski definition) is 0. The Bertz CT molecular complexity index is 853. The molecule has 0 aliphatic heterocycles. The van der Waals surface area contributed by atoms with E-state index >= 15 is 0 Å². The van der Waals surface area contributed by atoms with Gasteiger partial charge in [-0.15, -0.1) is 0 Å². The Kier molecular flexibility index (Phi) is 30.7. The predicted molar refractivity (Wildman–Crippen MR) is 201 cm³/mol. The van der Waals surface area contributed by atoms with Crippen molar-refractivity contribution in [2.24, 2.45) is 0 Å². The van der Waals surface area contributed by atoms with Crippen molar-refractivity contribution in [2.45, 2.75) is 234 Å². The summed E-state index contributed by atoms with van der Waals surface area (Å²) in [6.45, 7) is 13.9. The number of imidazole rings is 2. The fraction of sp³-hybridized carbons (Fsp3) is 0.857. The van der Waals surface area contributed by atoms with E-state index in [1.54, 1.807) is 0 Å². The van der Waals surface area contributed by atoms with Crippen molar-refractivity contribution in [3.8, 4) is 0 Å². The van der Waals surface area contributed by atoms with Gasteiger partial charge in [-0.1, -0.05) is 163 Å². The average molecular weight is 643 g/mol. The van der Waals surface area contributed by atoms with Crippen LogP contribution in [-0.2, 0) is 26.2 Å². The van der Waals surface area contributed by atoms with E-state index in [4.69, 9.17) is 0 Å². The Morgan fingerprint density at radius 2 is 0.609 bits per heavy atom. The van der Waals surface area contributed by atoms with Crippen LogP contribution in [0.4, 0.5) is 0 Å². The highest BCUT2D eigenvalue weighted by Gasteiger charge is 2.04. The molecule has 0 fully saturated rings. The molecule has 2 aromatic heterocycles. The molecule has 0 bridgehead atoms. The molecule has 2 aromatic rings. The zero-order chi connectivity index (χ0) is 33.2. The van der Waals surface area contributed by atoms with E-state index in [-0.39, 0.29) is 0 Å². The second-order valence-electron chi connectivity index (χ2n) is 14.3.